The average molecular weight is 288 g/mol. The lowest BCUT2D eigenvalue weighted by atomic mass is 9.80. The van der Waals surface area contributed by atoms with Gasteiger partial charge in [-0.25, -0.2) is 0 Å². The molecule has 1 saturated heterocycles. The third-order valence-electron chi connectivity index (χ3n) is 4.92. The minimum absolute atomic E-state index is 0.412. The van der Waals surface area contributed by atoms with E-state index in [1.54, 1.807) is 0 Å². The Morgan fingerprint density at radius 2 is 1.95 bits per heavy atom. The molecule has 1 aliphatic heterocycles. The monoisotopic (exact) mass is 288 g/mol. The molecule has 2 unspecified atom stereocenters. The number of para-hydroxylation sites is 1. The maximum Gasteiger partial charge on any atom is 0.0414 e. The summed E-state index contributed by atoms with van der Waals surface area (Å²) in [7, 11) is 0. The van der Waals surface area contributed by atoms with Crippen molar-refractivity contribution in [1.29, 1.82) is 0 Å². The first kappa shape index (κ1) is 16.4. The molecule has 0 aromatic heterocycles. The fraction of sp³-hybridized carbons (Fsp3) is 0.684. The highest BCUT2D eigenvalue weighted by Gasteiger charge is 2.32. The van der Waals surface area contributed by atoms with Crippen LogP contribution in [-0.2, 0) is 0 Å². The Morgan fingerprint density at radius 1 is 1.24 bits per heavy atom. The average Bonchev–Trinajstić information content (AvgIpc) is 2.94. The molecule has 0 spiro atoms. The van der Waals surface area contributed by atoms with Gasteiger partial charge in [-0.1, -0.05) is 52.8 Å². The Balaban J connectivity index is 2.21. The number of hydrogen-bond acceptors (Lipinski definition) is 2. The van der Waals surface area contributed by atoms with Crippen molar-refractivity contribution in [3.05, 3.63) is 29.8 Å². The molecule has 0 bridgehead atoms. The topological polar surface area (TPSA) is 15.3 Å². The van der Waals surface area contributed by atoms with Gasteiger partial charge in [-0.15, -0.1) is 0 Å². The van der Waals surface area contributed by atoms with Gasteiger partial charge in [0.2, 0.25) is 0 Å². The van der Waals surface area contributed by atoms with Gasteiger partial charge in [0.05, 0.1) is 0 Å². The zero-order chi connectivity index (χ0) is 15.5. The van der Waals surface area contributed by atoms with Crippen molar-refractivity contribution in [2.75, 3.05) is 24.5 Å². The van der Waals surface area contributed by atoms with Gasteiger partial charge in [0.25, 0.3) is 0 Å². The number of benzene rings is 1. The van der Waals surface area contributed by atoms with Gasteiger partial charge in [-0.05, 0) is 42.3 Å². The second kappa shape index (κ2) is 6.83. The number of rotatable bonds is 5. The Bertz CT molecular complexity index is 447. The van der Waals surface area contributed by atoms with Crippen molar-refractivity contribution in [2.45, 2.75) is 53.5 Å². The summed E-state index contributed by atoms with van der Waals surface area (Å²) in [5.41, 5.74) is 3.32. The van der Waals surface area contributed by atoms with E-state index in [4.69, 9.17) is 0 Å². The van der Waals surface area contributed by atoms with Crippen LogP contribution in [0.15, 0.2) is 24.3 Å². The molecule has 0 radical (unpaired) electrons. The van der Waals surface area contributed by atoms with Gasteiger partial charge < -0.3 is 10.2 Å². The molecule has 2 nitrogen and oxygen atoms in total. The van der Waals surface area contributed by atoms with Crippen molar-refractivity contribution >= 4 is 5.69 Å². The molecule has 21 heavy (non-hydrogen) atoms. The normalized spacial score (nSPS) is 20.8. The molecule has 2 rings (SSSR count). The van der Waals surface area contributed by atoms with E-state index in [-0.39, 0.29) is 0 Å². The SMILES string of the molecule is CCNC(CC)c1ccccc1N1CCC(C(C)(C)C)C1. The van der Waals surface area contributed by atoms with Gasteiger partial charge in [-0.3, -0.25) is 0 Å². The third-order valence-corrected chi connectivity index (χ3v) is 4.92. The predicted octanol–water partition coefficient (Wildman–Crippen LogP) is 4.62. The summed E-state index contributed by atoms with van der Waals surface area (Å²) in [6.07, 6.45) is 2.46. The second-order valence-electron chi connectivity index (χ2n) is 7.37. The molecule has 1 aromatic rings. The quantitative estimate of drug-likeness (QED) is 0.850. The molecule has 2 atom stereocenters. The smallest absolute Gasteiger partial charge is 0.0414 e. The standard InChI is InChI=1S/C19H32N2/c1-6-17(20-7-2)16-10-8-9-11-18(16)21-13-12-15(14-21)19(3,4)5/h8-11,15,17,20H,6-7,12-14H2,1-5H3. The molecule has 1 aromatic carbocycles. The minimum atomic E-state index is 0.412. The summed E-state index contributed by atoms with van der Waals surface area (Å²) >= 11 is 0. The maximum atomic E-state index is 3.63. The second-order valence-corrected chi connectivity index (χ2v) is 7.37. The molecular formula is C19H32N2. The third kappa shape index (κ3) is 3.79. The van der Waals surface area contributed by atoms with E-state index in [2.05, 4.69) is 69.1 Å². The van der Waals surface area contributed by atoms with Crippen LogP contribution < -0.4 is 10.2 Å². The summed E-state index contributed by atoms with van der Waals surface area (Å²) < 4.78 is 0. The molecular weight excluding hydrogens is 256 g/mol. The van der Waals surface area contributed by atoms with Crippen molar-refractivity contribution in [3.8, 4) is 0 Å². The van der Waals surface area contributed by atoms with Crippen LogP contribution in [0.4, 0.5) is 5.69 Å². The zero-order valence-corrected chi connectivity index (χ0v) is 14.4. The number of nitrogens with one attached hydrogen (secondary N) is 1. The molecule has 0 aliphatic carbocycles. The van der Waals surface area contributed by atoms with E-state index in [0.29, 0.717) is 11.5 Å². The zero-order valence-electron chi connectivity index (χ0n) is 14.4. The largest absolute Gasteiger partial charge is 0.371 e. The Hall–Kier alpha value is -1.02. The van der Waals surface area contributed by atoms with E-state index in [0.717, 1.165) is 18.9 Å². The summed E-state index contributed by atoms with van der Waals surface area (Å²) in [6.45, 7) is 15.0. The van der Waals surface area contributed by atoms with Crippen molar-refractivity contribution in [2.24, 2.45) is 11.3 Å². The molecule has 1 N–H and O–H groups in total. The Kier molecular flexibility index (Phi) is 5.32. The highest BCUT2D eigenvalue weighted by molar-refractivity contribution is 5.55. The van der Waals surface area contributed by atoms with Crippen LogP contribution in [0.5, 0.6) is 0 Å². The van der Waals surface area contributed by atoms with Crippen LogP contribution >= 0.6 is 0 Å². The summed E-state index contributed by atoms with van der Waals surface area (Å²) in [6, 6.07) is 9.44. The van der Waals surface area contributed by atoms with E-state index in [9.17, 15) is 0 Å². The molecule has 0 saturated carbocycles. The molecule has 118 valence electrons. The van der Waals surface area contributed by atoms with Gasteiger partial charge in [0, 0.05) is 24.8 Å². The minimum Gasteiger partial charge on any atom is -0.371 e. The number of nitrogens with zero attached hydrogens (tertiary/aromatic N) is 1. The Labute approximate surface area is 130 Å². The first-order valence-corrected chi connectivity index (χ1v) is 8.54. The van der Waals surface area contributed by atoms with Crippen LogP contribution in [0, 0.1) is 11.3 Å². The lowest BCUT2D eigenvalue weighted by Gasteiger charge is -2.29. The van der Waals surface area contributed by atoms with E-state index >= 15 is 0 Å². The molecule has 2 heteroatoms. The van der Waals surface area contributed by atoms with Gasteiger partial charge >= 0.3 is 0 Å². The molecule has 1 aliphatic rings. The van der Waals surface area contributed by atoms with Gasteiger partial charge in [0.15, 0.2) is 0 Å². The van der Waals surface area contributed by atoms with Crippen LogP contribution in [-0.4, -0.2) is 19.6 Å². The van der Waals surface area contributed by atoms with Crippen molar-refractivity contribution in [3.63, 3.8) is 0 Å². The first-order chi connectivity index (χ1) is 9.97. The maximum absolute atomic E-state index is 3.63. The molecule has 1 fully saturated rings. The van der Waals surface area contributed by atoms with Crippen LogP contribution in [0.2, 0.25) is 0 Å². The number of anilines is 1. The van der Waals surface area contributed by atoms with Crippen molar-refractivity contribution in [1.82, 2.24) is 5.32 Å². The fourth-order valence-electron chi connectivity index (χ4n) is 3.48. The lowest BCUT2D eigenvalue weighted by Crippen LogP contribution is -2.28. The van der Waals surface area contributed by atoms with E-state index < -0.39 is 0 Å². The van der Waals surface area contributed by atoms with Crippen LogP contribution in [0.1, 0.15) is 59.1 Å². The summed E-state index contributed by atoms with van der Waals surface area (Å²) in [5.74, 6) is 0.796. The van der Waals surface area contributed by atoms with Gasteiger partial charge in [0.1, 0.15) is 0 Å². The van der Waals surface area contributed by atoms with Crippen LogP contribution in [0.25, 0.3) is 0 Å². The Morgan fingerprint density at radius 3 is 2.52 bits per heavy atom. The van der Waals surface area contributed by atoms with E-state index in [1.807, 2.05) is 0 Å². The number of hydrogen-bond donors (Lipinski definition) is 1. The fourth-order valence-corrected chi connectivity index (χ4v) is 3.48. The van der Waals surface area contributed by atoms with E-state index in [1.165, 1.54) is 30.8 Å². The molecule has 0 amide bonds. The van der Waals surface area contributed by atoms with Crippen molar-refractivity contribution < 1.29 is 0 Å². The highest BCUT2D eigenvalue weighted by atomic mass is 15.2. The summed E-state index contributed by atoms with van der Waals surface area (Å²) in [5, 5.41) is 3.63. The van der Waals surface area contributed by atoms with Crippen LogP contribution in [0.3, 0.4) is 0 Å². The first-order valence-electron chi connectivity index (χ1n) is 8.54. The van der Waals surface area contributed by atoms with Gasteiger partial charge in [-0.2, -0.15) is 0 Å². The summed E-state index contributed by atoms with van der Waals surface area (Å²) in [4.78, 5) is 2.60. The predicted molar refractivity (Wildman–Crippen MR) is 92.9 cm³/mol. The highest BCUT2D eigenvalue weighted by Crippen LogP contribution is 2.38. The lowest BCUT2D eigenvalue weighted by molar-refractivity contribution is 0.263. The molecule has 1 heterocycles.